The van der Waals surface area contributed by atoms with E-state index in [1.165, 1.54) is 0 Å². The van der Waals surface area contributed by atoms with Gasteiger partial charge in [0.1, 0.15) is 11.5 Å². The molecule has 0 aliphatic heterocycles. The van der Waals surface area contributed by atoms with Crippen LogP contribution in [-0.4, -0.2) is 32.8 Å². The van der Waals surface area contributed by atoms with Crippen LogP contribution in [0.3, 0.4) is 0 Å². The number of anilines is 1. The number of aryl methyl sites for hydroxylation is 1. The average Bonchev–Trinajstić information content (AvgIpc) is 2.46. The number of aliphatic carboxylic acids is 2. The Hall–Kier alpha value is -2.96. The van der Waals surface area contributed by atoms with Crippen molar-refractivity contribution in [3.63, 3.8) is 0 Å². The Balaban J connectivity index is 2.23. The summed E-state index contributed by atoms with van der Waals surface area (Å²) in [5, 5.41) is 22.4. The molecule has 0 atom stereocenters. The molecule has 0 saturated heterocycles. The van der Waals surface area contributed by atoms with Gasteiger partial charge < -0.3 is 10.2 Å². The van der Waals surface area contributed by atoms with Gasteiger partial charge in [-0.05, 0) is 24.6 Å². The van der Waals surface area contributed by atoms with Crippen LogP contribution in [0, 0.1) is 6.92 Å². The second kappa shape index (κ2) is 6.66. The van der Waals surface area contributed by atoms with Gasteiger partial charge in [-0.3, -0.25) is 10.2 Å². The summed E-state index contributed by atoms with van der Waals surface area (Å²) in [7, 11) is 0. The van der Waals surface area contributed by atoms with Crippen molar-refractivity contribution in [2.24, 2.45) is 5.10 Å². The fourth-order valence-corrected chi connectivity index (χ4v) is 1.97. The molecule has 1 aromatic heterocycles. The number of benzene rings is 1. The number of nitrogens with one attached hydrogen (secondary N) is 1. The van der Waals surface area contributed by atoms with Gasteiger partial charge in [0, 0.05) is 11.8 Å². The van der Waals surface area contributed by atoms with E-state index in [-0.39, 0.29) is 18.6 Å². The average molecular weight is 301 g/mol. The number of rotatable bonds is 6. The summed E-state index contributed by atoms with van der Waals surface area (Å²) in [5.74, 6) is -1.93. The maximum absolute atomic E-state index is 11.0. The van der Waals surface area contributed by atoms with E-state index >= 15 is 0 Å². The molecule has 7 heteroatoms. The van der Waals surface area contributed by atoms with Gasteiger partial charge in [0.2, 0.25) is 0 Å². The van der Waals surface area contributed by atoms with Gasteiger partial charge in [0.05, 0.1) is 11.9 Å². The van der Waals surface area contributed by atoms with Crippen LogP contribution >= 0.6 is 0 Å². The van der Waals surface area contributed by atoms with E-state index in [2.05, 4.69) is 15.5 Å². The highest BCUT2D eigenvalue weighted by Gasteiger charge is 2.12. The summed E-state index contributed by atoms with van der Waals surface area (Å²) in [6.07, 6.45) is -0.457. The van der Waals surface area contributed by atoms with Crippen LogP contribution in [-0.2, 0) is 9.59 Å². The van der Waals surface area contributed by atoms with Crippen LogP contribution in [0.1, 0.15) is 18.4 Å². The SMILES string of the molecule is Cc1cc(NN=C(CCC(=O)O)C(=O)O)nc2ccccc12. The van der Waals surface area contributed by atoms with E-state index in [0.717, 1.165) is 16.5 Å². The number of hydrazone groups is 1. The molecule has 0 aliphatic rings. The number of carboxylic acid groups (broad SMARTS) is 2. The zero-order chi connectivity index (χ0) is 16.1. The second-order valence-corrected chi connectivity index (χ2v) is 4.71. The van der Waals surface area contributed by atoms with Crippen molar-refractivity contribution >= 4 is 34.4 Å². The molecule has 2 aromatic rings. The molecular weight excluding hydrogens is 286 g/mol. The zero-order valence-electron chi connectivity index (χ0n) is 11.9. The molecule has 0 radical (unpaired) electrons. The Kier molecular flexibility index (Phi) is 4.67. The smallest absolute Gasteiger partial charge is 0.352 e. The van der Waals surface area contributed by atoms with Gasteiger partial charge in [0.15, 0.2) is 0 Å². The third-order valence-electron chi connectivity index (χ3n) is 3.05. The van der Waals surface area contributed by atoms with Crippen LogP contribution in [0.25, 0.3) is 10.9 Å². The maximum Gasteiger partial charge on any atom is 0.352 e. The van der Waals surface area contributed by atoms with Crippen LogP contribution in [0.5, 0.6) is 0 Å². The molecule has 0 aliphatic carbocycles. The standard InChI is InChI=1S/C15H15N3O4/c1-9-8-13(16-11-5-3-2-4-10(9)11)18-17-12(15(21)22)6-7-14(19)20/h2-5,8H,6-7H2,1H3,(H,16,18)(H,19,20)(H,21,22). The predicted molar refractivity (Wildman–Crippen MR) is 82.0 cm³/mol. The first-order valence-corrected chi connectivity index (χ1v) is 6.61. The summed E-state index contributed by atoms with van der Waals surface area (Å²) in [5.41, 5.74) is 4.08. The zero-order valence-corrected chi connectivity index (χ0v) is 11.9. The molecule has 0 fully saturated rings. The molecule has 3 N–H and O–H groups in total. The number of hydrogen-bond acceptors (Lipinski definition) is 5. The fourth-order valence-electron chi connectivity index (χ4n) is 1.97. The first kappa shape index (κ1) is 15.4. The van der Waals surface area contributed by atoms with E-state index < -0.39 is 11.9 Å². The topological polar surface area (TPSA) is 112 Å². The molecule has 22 heavy (non-hydrogen) atoms. The number of nitrogens with zero attached hydrogens (tertiary/aromatic N) is 2. The number of aromatic nitrogens is 1. The molecule has 1 heterocycles. The summed E-state index contributed by atoms with van der Waals surface area (Å²) < 4.78 is 0. The Morgan fingerprint density at radius 1 is 1.23 bits per heavy atom. The van der Waals surface area contributed by atoms with Crippen LogP contribution < -0.4 is 5.43 Å². The molecule has 0 unspecified atom stereocenters. The molecule has 2 rings (SSSR count). The lowest BCUT2D eigenvalue weighted by Gasteiger charge is -2.06. The number of carbonyl (C=O) groups is 2. The van der Waals surface area contributed by atoms with E-state index in [4.69, 9.17) is 10.2 Å². The fraction of sp³-hybridized carbons (Fsp3) is 0.200. The van der Waals surface area contributed by atoms with Crippen molar-refractivity contribution < 1.29 is 19.8 Å². The number of carboxylic acids is 2. The van der Waals surface area contributed by atoms with Crippen molar-refractivity contribution in [3.8, 4) is 0 Å². The van der Waals surface area contributed by atoms with Gasteiger partial charge >= 0.3 is 11.9 Å². The van der Waals surface area contributed by atoms with E-state index in [1.807, 2.05) is 31.2 Å². The molecule has 0 spiro atoms. The summed E-state index contributed by atoms with van der Waals surface area (Å²) in [6.45, 7) is 1.92. The van der Waals surface area contributed by atoms with Gasteiger partial charge in [-0.25, -0.2) is 9.78 Å². The number of pyridine rings is 1. The largest absolute Gasteiger partial charge is 0.481 e. The molecule has 114 valence electrons. The van der Waals surface area contributed by atoms with Crippen LogP contribution in [0.4, 0.5) is 5.82 Å². The molecule has 0 bridgehead atoms. The Labute approximate surface area is 126 Å². The number of fused-ring (bicyclic) bond motifs is 1. The lowest BCUT2D eigenvalue weighted by molar-refractivity contribution is -0.136. The molecule has 0 amide bonds. The minimum atomic E-state index is -1.26. The first-order valence-electron chi connectivity index (χ1n) is 6.61. The van der Waals surface area contributed by atoms with Crippen molar-refractivity contribution in [1.82, 2.24) is 4.98 Å². The van der Waals surface area contributed by atoms with Crippen LogP contribution in [0.15, 0.2) is 35.4 Å². The second-order valence-electron chi connectivity index (χ2n) is 4.71. The Morgan fingerprint density at radius 2 is 1.95 bits per heavy atom. The van der Waals surface area contributed by atoms with Crippen LogP contribution in [0.2, 0.25) is 0 Å². The quantitative estimate of drug-likeness (QED) is 0.557. The third kappa shape index (κ3) is 3.78. The van der Waals surface area contributed by atoms with E-state index in [1.54, 1.807) is 6.07 Å². The van der Waals surface area contributed by atoms with Crippen molar-refractivity contribution in [1.29, 1.82) is 0 Å². The molecule has 0 saturated carbocycles. The molecule has 1 aromatic carbocycles. The molecular formula is C15H15N3O4. The normalized spacial score (nSPS) is 11.4. The van der Waals surface area contributed by atoms with E-state index in [9.17, 15) is 9.59 Å². The van der Waals surface area contributed by atoms with Gasteiger partial charge in [-0.2, -0.15) is 5.10 Å². The lowest BCUT2D eigenvalue weighted by Crippen LogP contribution is -2.16. The van der Waals surface area contributed by atoms with Gasteiger partial charge in [-0.1, -0.05) is 18.2 Å². The third-order valence-corrected chi connectivity index (χ3v) is 3.05. The minimum absolute atomic E-state index is 0.162. The predicted octanol–water partition coefficient (Wildman–Crippen LogP) is 2.26. The van der Waals surface area contributed by atoms with Crippen molar-refractivity contribution in [2.75, 3.05) is 5.43 Å². The highest BCUT2D eigenvalue weighted by molar-refractivity contribution is 6.35. The molecule has 7 nitrogen and oxygen atoms in total. The first-order chi connectivity index (χ1) is 10.5. The van der Waals surface area contributed by atoms with E-state index in [0.29, 0.717) is 5.82 Å². The van der Waals surface area contributed by atoms with Crippen molar-refractivity contribution in [3.05, 3.63) is 35.9 Å². The van der Waals surface area contributed by atoms with Gasteiger partial charge in [-0.15, -0.1) is 0 Å². The van der Waals surface area contributed by atoms with Gasteiger partial charge in [0.25, 0.3) is 0 Å². The Morgan fingerprint density at radius 3 is 2.64 bits per heavy atom. The summed E-state index contributed by atoms with van der Waals surface area (Å²) >= 11 is 0. The lowest BCUT2D eigenvalue weighted by atomic mass is 10.1. The minimum Gasteiger partial charge on any atom is -0.481 e. The number of para-hydroxylation sites is 1. The summed E-state index contributed by atoms with van der Waals surface area (Å²) in [4.78, 5) is 25.9. The number of hydrogen-bond donors (Lipinski definition) is 3. The highest BCUT2D eigenvalue weighted by Crippen LogP contribution is 2.19. The monoisotopic (exact) mass is 301 g/mol. The Bertz CT molecular complexity index is 756. The summed E-state index contributed by atoms with van der Waals surface area (Å²) in [6, 6.07) is 9.32. The highest BCUT2D eigenvalue weighted by atomic mass is 16.4. The van der Waals surface area contributed by atoms with Crippen molar-refractivity contribution in [2.45, 2.75) is 19.8 Å². The maximum atomic E-state index is 11.0.